The molecule has 0 aliphatic heterocycles. The Kier molecular flexibility index (Phi) is 5.82. The lowest BCUT2D eigenvalue weighted by Crippen LogP contribution is -2.31. The summed E-state index contributed by atoms with van der Waals surface area (Å²) in [4.78, 5) is 32.0. The second-order valence-corrected chi connectivity index (χ2v) is 8.65. The molecule has 28 heavy (non-hydrogen) atoms. The number of benzene rings is 2. The summed E-state index contributed by atoms with van der Waals surface area (Å²) in [6, 6.07) is 10.9. The Hall–Kier alpha value is -2.31. The van der Waals surface area contributed by atoms with Gasteiger partial charge in [-0.1, -0.05) is 35.5 Å². The third kappa shape index (κ3) is 3.80. The predicted octanol–water partition coefficient (Wildman–Crippen LogP) is 4.22. The summed E-state index contributed by atoms with van der Waals surface area (Å²) in [5.74, 6) is -0.0436. The summed E-state index contributed by atoms with van der Waals surface area (Å²) in [5, 5.41) is 1.07. The van der Waals surface area contributed by atoms with Crippen LogP contribution in [0.25, 0.3) is 16.6 Å². The smallest absolute Gasteiger partial charge is 0.266 e. The Morgan fingerprint density at radius 2 is 1.93 bits per heavy atom. The SMILES string of the molecule is Cc1cccc(-n2c(S[C@@H](C)C(=O)N(C)C)nc3cc(Cl)ccc3c2=O)c1C. The van der Waals surface area contributed by atoms with Crippen LogP contribution in [0.4, 0.5) is 0 Å². The molecule has 0 bridgehead atoms. The molecule has 0 saturated heterocycles. The highest BCUT2D eigenvalue weighted by molar-refractivity contribution is 8.00. The fourth-order valence-electron chi connectivity index (χ4n) is 2.98. The van der Waals surface area contributed by atoms with Crippen molar-refractivity contribution in [2.75, 3.05) is 14.1 Å². The monoisotopic (exact) mass is 415 g/mol. The van der Waals surface area contributed by atoms with Gasteiger partial charge in [0.25, 0.3) is 5.56 Å². The standard InChI is InChI=1S/C21H22ClN3O2S/c1-12-7-6-8-18(13(12)2)25-20(27)16-10-9-15(22)11-17(16)23-21(25)28-14(3)19(26)24(4)5/h6-11,14H,1-5H3/t14-/m0/s1. The number of aromatic nitrogens is 2. The largest absolute Gasteiger partial charge is 0.348 e. The van der Waals surface area contributed by atoms with Gasteiger partial charge in [-0.25, -0.2) is 4.98 Å². The third-order valence-corrected chi connectivity index (χ3v) is 5.96. The van der Waals surface area contributed by atoms with Crippen molar-refractivity contribution >= 4 is 40.2 Å². The van der Waals surface area contributed by atoms with Gasteiger partial charge in [0.2, 0.25) is 5.91 Å². The van der Waals surface area contributed by atoms with Crippen molar-refractivity contribution in [2.24, 2.45) is 0 Å². The molecular formula is C21H22ClN3O2S. The fraction of sp³-hybridized carbons (Fsp3) is 0.286. The van der Waals surface area contributed by atoms with E-state index in [1.165, 1.54) is 16.7 Å². The molecule has 3 rings (SSSR count). The van der Waals surface area contributed by atoms with E-state index in [0.29, 0.717) is 21.1 Å². The number of hydrogen-bond acceptors (Lipinski definition) is 4. The Morgan fingerprint density at radius 1 is 1.21 bits per heavy atom. The molecule has 0 N–H and O–H groups in total. The molecule has 3 aromatic rings. The molecule has 0 unspecified atom stereocenters. The maximum absolute atomic E-state index is 13.4. The van der Waals surface area contributed by atoms with Crippen molar-refractivity contribution in [2.45, 2.75) is 31.2 Å². The first-order chi connectivity index (χ1) is 13.2. The number of carbonyl (C=O) groups is 1. The van der Waals surface area contributed by atoms with Gasteiger partial charge in [-0.2, -0.15) is 0 Å². The lowest BCUT2D eigenvalue weighted by atomic mass is 10.1. The number of thioether (sulfide) groups is 1. The number of aryl methyl sites for hydroxylation is 1. The van der Waals surface area contributed by atoms with Gasteiger partial charge in [-0.15, -0.1) is 0 Å². The van der Waals surface area contributed by atoms with Crippen LogP contribution in [-0.4, -0.2) is 39.7 Å². The molecule has 1 amide bonds. The molecular weight excluding hydrogens is 394 g/mol. The molecule has 7 heteroatoms. The second-order valence-electron chi connectivity index (χ2n) is 6.91. The van der Waals surface area contributed by atoms with E-state index in [2.05, 4.69) is 0 Å². The number of rotatable bonds is 4. The molecule has 0 aliphatic carbocycles. The Labute approximate surface area is 173 Å². The van der Waals surface area contributed by atoms with Gasteiger partial charge in [0, 0.05) is 19.1 Å². The van der Waals surface area contributed by atoms with Crippen LogP contribution >= 0.6 is 23.4 Å². The minimum absolute atomic E-state index is 0.0436. The van der Waals surface area contributed by atoms with Crippen LogP contribution in [0.3, 0.4) is 0 Å². The summed E-state index contributed by atoms with van der Waals surface area (Å²) in [6.07, 6.45) is 0. The van der Waals surface area contributed by atoms with Crippen LogP contribution in [0.2, 0.25) is 5.02 Å². The molecule has 2 aromatic carbocycles. The zero-order valence-electron chi connectivity index (χ0n) is 16.5. The van der Waals surface area contributed by atoms with Gasteiger partial charge in [0.05, 0.1) is 21.8 Å². The van der Waals surface area contributed by atoms with E-state index in [0.717, 1.165) is 16.8 Å². The molecule has 1 aromatic heterocycles. The number of carbonyl (C=O) groups excluding carboxylic acids is 1. The highest BCUT2D eigenvalue weighted by atomic mass is 35.5. The van der Waals surface area contributed by atoms with E-state index in [1.54, 1.807) is 36.9 Å². The number of hydrogen-bond donors (Lipinski definition) is 0. The zero-order chi connectivity index (χ0) is 20.6. The first-order valence-corrected chi connectivity index (χ1v) is 10.1. The fourth-order valence-corrected chi connectivity index (χ4v) is 4.21. The Morgan fingerprint density at radius 3 is 2.61 bits per heavy atom. The van der Waals surface area contributed by atoms with Gasteiger partial charge >= 0.3 is 0 Å². The highest BCUT2D eigenvalue weighted by Crippen LogP contribution is 2.28. The maximum atomic E-state index is 13.4. The van der Waals surface area contributed by atoms with Crippen molar-refractivity contribution in [3.63, 3.8) is 0 Å². The maximum Gasteiger partial charge on any atom is 0.266 e. The molecule has 0 spiro atoms. The van der Waals surface area contributed by atoms with Crippen molar-refractivity contribution in [1.82, 2.24) is 14.5 Å². The summed E-state index contributed by atoms with van der Waals surface area (Å²) >= 11 is 7.38. The summed E-state index contributed by atoms with van der Waals surface area (Å²) in [6.45, 7) is 5.80. The molecule has 1 atom stereocenters. The van der Waals surface area contributed by atoms with Gasteiger partial charge in [0.15, 0.2) is 5.16 Å². The van der Waals surface area contributed by atoms with E-state index >= 15 is 0 Å². The number of nitrogens with zero attached hydrogens (tertiary/aromatic N) is 3. The summed E-state index contributed by atoms with van der Waals surface area (Å²) in [5.41, 5.74) is 3.18. The molecule has 0 aliphatic rings. The van der Waals surface area contributed by atoms with E-state index in [1.807, 2.05) is 39.0 Å². The average molecular weight is 416 g/mol. The van der Waals surface area contributed by atoms with Crippen molar-refractivity contribution < 1.29 is 4.79 Å². The highest BCUT2D eigenvalue weighted by Gasteiger charge is 2.22. The Balaban J connectivity index is 2.29. The summed E-state index contributed by atoms with van der Waals surface area (Å²) in [7, 11) is 3.43. The molecule has 5 nitrogen and oxygen atoms in total. The van der Waals surface area contributed by atoms with Crippen molar-refractivity contribution in [3.8, 4) is 5.69 Å². The van der Waals surface area contributed by atoms with Gasteiger partial charge < -0.3 is 4.90 Å². The lowest BCUT2D eigenvalue weighted by molar-refractivity contribution is -0.127. The zero-order valence-corrected chi connectivity index (χ0v) is 18.1. The van der Waals surface area contributed by atoms with E-state index in [-0.39, 0.29) is 11.5 Å². The minimum Gasteiger partial charge on any atom is -0.348 e. The number of halogens is 1. The minimum atomic E-state index is -0.394. The van der Waals surface area contributed by atoms with Crippen LogP contribution in [0.15, 0.2) is 46.3 Å². The first kappa shape index (κ1) is 20.4. The van der Waals surface area contributed by atoms with E-state index < -0.39 is 5.25 Å². The topological polar surface area (TPSA) is 55.2 Å². The number of amides is 1. The predicted molar refractivity (Wildman–Crippen MR) is 116 cm³/mol. The second kappa shape index (κ2) is 7.97. The molecule has 0 fully saturated rings. The quantitative estimate of drug-likeness (QED) is 0.472. The molecule has 0 saturated carbocycles. The van der Waals surface area contributed by atoms with Crippen molar-refractivity contribution in [1.29, 1.82) is 0 Å². The molecule has 146 valence electrons. The lowest BCUT2D eigenvalue weighted by Gasteiger charge is -2.20. The van der Waals surface area contributed by atoms with Gasteiger partial charge in [-0.3, -0.25) is 14.2 Å². The molecule has 0 radical (unpaired) electrons. The third-order valence-electron chi connectivity index (χ3n) is 4.69. The van der Waals surface area contributed by atoms with Crippen LogP contribution in [0, 0.1) is 13.8 Å². The van der Waals surface area contributed by atoms with E-state index in [9.17, 15) is 9.59 Å². The van der Waals surface area contributed by atoms with Crippen LogP contribution in [-0.2, 0) is 4.79 Å². The molecule has 1 heterocycles. The van der Waals surface area contributed by atoms with Crippen LogP contribution in [0.5, 0.6) is 0 Å². The normalized spacial score (nSPS) is 12.2. The van der Waals surface area contributed by atoms with Gasteiger partial charge in [-0.05, 0) is 56.2 Å². The van der Waals surface area contributed by atoms with Crippen molar-refractivity contribution in [3.05, 3.63) is 62.9 Å². The van der Waals surface area contributed by atoms with E-state index in [4.69, 9.17) is 16.6 Å². The first-order valence-electron chi connectivity index (χ1n) is 8.87. The summed E-state index contributed by atoms with van der Waals surface area (Å²) < 4.78 is 1.60. The van der Waals surface area contributed by atoms with Crippen LogP contribution < -0.4 is 5.56 Å². The number of fused-ring (bicyclic) bond motifs is 1. The van der Waals surface area contributed by atoms with Crippen LogP contribution in [0.1, 0.15) is 18.1 Å². The Bertz CT molecular complexity index is 1120. The average Bonchev–Trinajstić information content (AvgIpc) is 2.63. The van der Waals surface area contributed by atoms with Gasteiger partial charge in [0.1, 0.15) is 0 Å².